The van der Waals surface area contributed by atoms with Crippen LogP contribution in [0.4, 0.5) is 0 Å². The van der Waals surface area contributed by atoms with Crippen LogP contribution in [0.1, 0.15) is 31.4 Å². The van der Waals surface area contributed by atoms with E-state index in [4.69, 9.17) is 10.5 Å². The SMILES string of the molecule is Cc1ccc(C)c(OCCN(C)CCC(N)C(C)C)c1. The number of hydrogen-bond acceptors (Lipinski definition) is 3. The standard InChI is InChI=1S/C17H30N2O/c1-13(2)16(18)8-9-19(5)10-11-20-17-12-14(3)6-7-15(17)4/h6-7,12-13,16H,8-11,18H2,1-5H3. The van der Waals surface area contributed by atoms with Crippen molar-refractivity contribution in [1.29, 1.82) is 0 Å². The number of nitrogens with two attached hydrogens (primary N) is 1. The van der Waals surface area contributed by atoms with Crippen molar-refractivity contribution in [3.05, 3.63) is 29.3 Å². The van der Waals surface area contributed by atoms with E-state index in [0.717, 1.165) is 31.9 Å². The van der Waals surface area contributed by atoms with Crippen LogP contribution in [0.15, 0.2) is 18.2 Å². The van der Waals surface area contributed by atoms with Gasteiger partial charge in [0.1, 0.15) is 12.4 Å². The molecule has 0 heterocycles. The van der Waals surface area contributed by atoms with Crippen molar-refractivity contribution in [3.8, 4) is 5.75 Å². The van der Waals surface area contributed by atoms with Gasteiger partial charge in [0.15, 0.2) is 0 Å². The summed E-state index contributed by atoms with van der Waals surface area (Å²) in [6.45, 7) is 11.2. The van der Waals surface area contributed by atoms with Gasteiger partial charge in [0.2, 0.25) is 0 Å². The van der Waals surface area contributed by atoms with Crippen LogP contribution < -0.4 is 10.5 Å². The van der Waals surface area contributed by atoms with Gasteiger partial charge in [0.25, 0.3) is 0 Å². The second-order valence-corrected chi connectivity index (χ2v) is 6.12. The summed E-state index contributed by atoms with van der Waals surface area (Å²) in [5, 5.41) is 0. The highest BCUT2D eigenvalue weighted by atomic mass is 16.5. The minimum absolute atomic E-state index is 0.289. The molecule has 0 fully saturated rings. The van der Waals surface area contributed by atoms with Gasteiger partial charge in [-0.1, -0.05) is 26.0 Å². The number of ether oxygens (including phenoxy) is 1. The zero-order valence-electron chi connectivity index (χ0n) is 13.6. The lowest BCUT2D eigenvalue weighted by Gasteiger charge is -2.21. The number of aryl methyl sites for hydroxylation is 2. The molecule has 0 aliphatic heterocycles. The second-order valence-electron chi connectivity index (χ2n) is 6.12. The van der Waals surface area contributed by atoms with Gasteiger partial charge in [-0.2, -0.15) is 0 Å². The third-order valence-corrected chi connectivity index (χ3v) is 3.77. The van der Waals surface area contributed by atoms with Crippen LogP contribution in [0.5, 0.6) is 5.75 Å². The summed E-state index contributed by atoms with van der Waals surface area (Å²) in [5.41, 5.74) is 8.50. The van der Waals surface area contributed by atoms with E-state index in [0.29, 0.717) is 5.92 Å². The molecule has 1 atom stereocenters. The van der Waals surface area contributed by atoms with E-state index >= 15 is 0 Å². The predicted octanol–water partition coefficient (Wildman–Crippen LogP) is 2.99. The maximum absolute atomic E-state index is 6.06. The van der Waals surface area contributed by atoms with E-state index in [1.807, 2.05) is 0 Å². The van der Waals surface area contributed by atoms with Crippen molar-refractivity contribution in [2.75, 3.05) is 26.7 Å². The number of hydrogen-bond donors (Lipinski definition) is 1. The Morgan fingerprint density at radius 1 is 1.20 bits per heavy atom. The third-order valence-electron chi connectivity index (χ3n) is 3.77. The molecule has 0 aliphatic carbocycles. The molecule has 0 spiro atoms. The number of benzene rings is 1. The van der Waals surface area contributed by atoms with Crippen molar-refractivity contribution >= 4 is 0 Å². The normalized spacial score (nSPS) is 13.0. The fourth-order valence-corrected chi connectivity index (χ4v) is 1.99. The Morgan fingerprint density at radius 2 is 1.90 bits per heavy atom. The molecule has 0 aliphatic rings. The molecule has 3 heteroatoms. The summed E-state index contributed by atoms with van der Waals surface area (Å²) >= 11 is 0. The summed E-state index contributed by atoms with van der Waals surface area (Å²) in [7, 11) is 2.12. The monoisotopic (exact) mass is 278 g/mol. The van der Waals surface area contributed by atoms with E-state index in [2.05, 4.69) is 57.8 Å². The molecule has 0 saturated heterocycles. The van der Waals surface area contributed by atoms with E-state index in [9.17, 15) is 0 Å². The first-order valence-electron chi connectivity index (χ1n) is 7.54. The first-order valence-corrected chi connectivity index (χ1v) is 7.54. The molecule has 0 amide bonds. The largest absolute Gasteiger partial charge is 0.492 e. The second kappa shape index (κ2) is 8.28. The smallest absolute Gasteiger partial charge is 0.122 e. The van der Waals surface area contributed by atoms with E-state index in [1.54, 1.807) is 0 Å². The minimum Gasteiger partial charge on any atom is -0.492 e. The Morgan fingerprint density at radius 3 is 2.55 bits per heavy atom. The highest BCUT2D eigenvalue weighted by molar-refractivity contribution is 5.35. The van der Waals surface area contributed by atoms with Gasteiger partial charge in [-0.15, -0.1) is 0 Å². The van der Waals surface area contributed by atoms with Gasteiger partial charge >= 0.3 is 0 Å². The number of nitrogens with zero attached hydrogens (tertiary/aromatic N) is 1. The number of likely N-dealkylation sites (N-methyl/N-ethyl adjacent to an activating group) is 1. The van der Waals surface area contributed by atoms with Gasteiger partial charge in [-0.3, -0.25) is 0 Å². The first-order chi connectivity index (χ1) is 9.40. The molecule has 114 valence electrons. The molecule has 2 N–H and O–H groups in total. The molecular weight excluding hydrogens is 248 g/mol. The lowest BCUT2D eigenvalue weighted by molar-refractivity contribution is 0.228. The summed E-state index contributed by atoms with van der Waals surface area (Å²) in [5.74, 6) is 1.55. The molecule has 3 nitrogen and oxygen atoms in total. The Kier molecular flexibility index (Phi) is 7.03. The van der Waals surface area contributed by atoms with Gasteiger partial charge < -0.3 is 15.4 Å². The van der Waals surface area contributed by atoms with Crippen LogP contribution in [-0.4, -0.2) is 37.7 Å². The Bertz CT molecular complexity index is 404. The number of rotatable bonds is 8. The van der Waals surface area contributed by atoms with Crippen LogP contribution in [0.25, 0.3) is 0 Å². The molecule has 1 rings (SSSR count). The first kappa shape index (κ1) is 17.0. The Labute approximate surface area is 124 Å². The van der Waals surface area contributed by atoms with E-state index in [1.165, 1.54) is 11.1 Å². The van der Waals surface area contributed by atoms with Crippen LogP contribution in [0.3, 0.4) is 0 Å². The molecule has 1 aromatic carbocycles. The fraction of sp³-hybridized carbons (Fsp3) is 0.647. The van der Waals surface area contributed by atoms with Crippen molar-refractivity contribution in [3.63, 3.8) is 0 Å². The highest BCUT2D eigenvalue weighted by Crippen LogP contribution is 2.18. The van der Waals surface area contributed by atoms with E-state index in [-0.39, 0.29) is 6.04 Å². The van der Waals surface area contributed by atoms with E-state index < -0.39 is 0 Å². The molecule has 0 aromatic heterocycles. The van der Waals surface area contributed by atoms with Gasteiger partial charge in [-0.05, 0) is 57.0 Å². The highest BCUT2D eigenvalue weighted by Gasteiger charge is 2.09. The molecule has 0 saturated carbocycles. The third kappa shape index (κ3) is 5.93. The Balaban J connectivity index is 2.28. The molecule has 0 bridgehead atoms. The Hall–Kier alpha value is -1.06. The summed E-state index contributed by atoms with van der Waals surface area (Å²) < 4.78 is 5.87. The van der Waals surface area contributed by atoms with Crippen molar-refractivity contribution in [2.24, 2.45) is 11.7 Å². The topological polar surface area (TPSA) is 38.5 Å². The molecule has 1 unspecified atom stereocenters. The van der Waals surface area contributed by atoms with Gasteiger partial charge in [0.05, 0.1) is 0 Å². The summed E-state index contributed by atoms with van der Waals surface area (Å²) in [4.78, 5) is 2.29. The molecular formula is C17H30N2O. The van der Waals surface area contributed by atoms with Crippen LogP contribution >= 0.6 is 0 Å². The zero-order chi connectivity index (χ0) is 15.1. The molecule has 0 radical (unpaired) electrons. The lowest BCUT2D eigenvalue weighted by atomic mass is 10.0. The minimum atomic E-state index is 0.289. The average molecular weight is 278 g/mol. The van der Waals surface area contributed by atoms with Crippen molar-refractivity contribution in [2.45, 2.75) is 40.2 Å². The summed E-state index contributed by atoms with van der Waals surface area (Å²) in [6.07, 6.45) is 1.04. The maximum Gasteiger partial charge on any atom is 0.122 e. The quantitative estimate of drug-likeness (QED) is 0.794. The van der Waals surface area contributed by atoms with Crippen molar-refractivity contribution in [1.82, 2.24) is 4.90 Å². The zero-order valence-corrected chi connectivity index (χ0v) is 13.6. The van der Waals surface area contributed by atoms with Crippen molar-refractivity contribution < 1.29 is 4.74 Å². The summed E-state index contributed by atoms with van der Waals surface area (Å²) in [6, 6.07) is 6.61. The van der Waals surface area contributed by atoms with Crippen LogP contribution in [0, 0.1) is 19.8 Å². The van der Waals surface area contributed by atoms with Crippen LogP contribution in [0.2, 0.25) is 0 Å². The lowest BCUT2D eigenvalue weighted by Crippen LogP contribution is -2.33. The predicted molar refractivity (Wildman–Crippen MR) is 86.3 cm³/mol. The average Bonchev–Trinajstić information content (AvgIpc) is 2.39. The molecule has 1 aromatic rings. The van der Waals surface area contributed by atoms with Gasteiger partial charge in [0, 0.05) is 12.6 Å². The maximum atomic E-state index is 6.06. The van der Waals surface area contributed by atoms with Gasteiger partial charge in [-0.25, -0.2) is 0 Å². The van der Waals surface area contributed by atoms with Crippen LogP contribution in [-0.2, 0) is 0 Å². The molecule has 20 heavy (non-hydrogen) atoms. The fourth-order valence-electron chi connectivity index (χ4n) is 1.99.